The number of piperidine rings is 1. The molecule has 0 spiro atoms. The molecule has 6 nitrogen and oxygen atoms in total. The number of carbonyl (C=O) groups is 1. The highest BCUT2D eigenvalue weighted by Gasteiger charge is 2.32. The van der Waals surface area contributed by atoms with Crippen molar-refractivity contribution in [1.29, 1.82) is 0 Å². The Balaban J connectivity index is 0.00000288. The van der Waals surface area contributed by atoms with Crippen LogP contribution in [0.25, 0.3) is 0 Å². The molecular weight excluding hydrogens is 380 g/mol. The van der Waals surface area contributed by atoms with E-state index in [1.165, 1.54) is 11.2 Å². The summed E-state index contributed by atoms with van der Waals surface area (Å²) in [4.78, 5) is 10.6. The van der Waals surface area contributed by atoms with Crippen molar-refractivity contribution in [3.05, 3.63) is 23.0 Å². The number of halogens is 3. The maximum absolute atomic E-state index is 14.3. The summed E-state index contributed by atoms with van der Waals surface area (Å²) < 4.78 is 40.9. The third-order valence-electron chi connectivity index (χ3n) is 3.74. The zero-order valence-electron chi connectivity index (χ0n) is 13.3. The van der Waals surface area contributed by atoms with Gasteiger partial charge in [-0.25, -0.2) is 12.8 Å². The van der Waals surface area contributed by atoms with Gasteiger partial charge in [0.05, 0.1) is 10.7 Å². The van der Waals surface area contributed by atoms with Crippen LogP contribution in [0.3, 0.4) is 0 Å². The lowest BCUT2D eigenvalue weighted by Crippen LogP contribution is -2.47. The number of sulfonamides is 1. The van der Waals surface area contributed by atoms with Gasteiger partial charge in [0.1, 0.15) is 10.7 Å². The molecule has 1 aliphatic rings. The van der Waals surface area contributed by atoms with Gasteiger partial charge < -0.3 is 10.6 Å². The zero-order valence-corrected chi connectivity index (χ0v) is 15.7. The Bertz CT molecular complexity index is 715. The van der Waals surface area contributed by atoms with Crippen molar-refractivity contribution in [3.63, 3.8) is 0 Å². The Labute approximate surface area is 152 Å². The molecule has 1 saturated heterocycles. The van der Waals surface area contributed by atoms with Gasteiger partial charge in [0.25, 0.3) is 0 Å². The molecule has 10 heteroatoms. The van der Waals surface area contributed by atoms with Gasteiger partial charge >= 0.3 is 0 Å². The van der Waals surface area contributed by atoms with Crippen molar-refractivity contribution >= 4 is 45.6 Å². The molecule has 1 amide bonds. The summed E-state index contributed by atoms with van der Waals surface area (Å²) in [6.45, 7) is 1.87. The van der Waals surface area contributed by atoms with Crippen LogP contribution in [0.5, 0.6) is 0 Å². The summed E-state index contributed by atoms with van der Waals surface area (Å²) in [5, 5.41) is 5.37. The van der Waals surface area contributed by atoms with Crippen LogP contribution in [0.4, 0.5) is 10.1 Å². The average Bonchev–Trinajstić information content (AvgIpc) is 2.50. The van der Waals surface area contributed by atoms with Crippen LogP contribution in [0.1, 0.15) is 19.8 Å². The molecule has 0 saturated carbocycles. The molecular formula is C14H20Cl2FN3O3S. The summed E-state index contributed by atoms with van der Waals surface area (Å²) in [6.07, 6.45) is 1.57. The van der Waals surface area contributed by atoms with E-state index < -0.39 is 26.6 Å². The summed E-state index contributed by atoms with van der Waals surface area (Å²) in [6, 6.07) is 2.01. The number of likely N-dealkylation sites (N-methyl/N-ethyl adjacent to an activating group) is 1. The van der Waals surface area contributed by atoms with Crippen molar-refractivity contribution in [2.45, 2.75) is 30.7 Å². The van der Waals surface area contributed by atoms with E-state index >= 15 is 0 Å². The van der Waals surface area contributed by atoms with Gasteiger partial charge in [0, 0.05) is 32.1 Å². The molecule has 2 rings (SSSR count). The fourth-order valence-electron chi connectivity index (χ4n) is 2.55. The highest BCUT2D eigenvalue weighted by Crippen LogP contribution is 2.30. The van der Waals surface area contributed by atoms with Gasteiger partial charge in [-0.3, -0.25) is 4.79 Å². The molecule has 1 fully saturated rings. The van der Waals surface area contributed by atoms with Crippen LogP contribution in [0.15, 0.2) is 17.0 Å². The molecule has 0 bridgehead atoms. The first-order valence-corrected chi connectivity index (χ1v) is 9.01. The van der Waals surface area contributed by atoms with Crippen molar-refractivity contribution in [2.75, 3.05) is 25.5 Å². The monoisotopic (exact) mass is 399 g/mol. The molecule has 136 valence electrons. The minimum atomic E-state index is -3.98. The second kappa shape index (κ2) is 8.44. The third kappa shape index (κ3) is 4.58. The molecule has 1 unspecified atom stereocenters. The predicted octanol–water partition coefficient (Wildman–Crippen LogP) is 2.23. The van der Waals surface area contributed by atoms with Crippen LogP contribution < -0.4 is 10.6 Å². The standard InChI is InChI=1S/C14H19ClFN3O3S.ClH/c1-9(20)18-13-7-12(16)14(6-11(13)15)23(21,22)19-5-3-4-10(8-19)17-2;/h6-7,10,17H,3-5,8H2,1-2H3,(H,18,20);1H. The average molecular weight is 400 g/mol. The van der Waals surface area contributed by atoms with E-state index in [4.69, 9.17) is 11.6 Å². The fraction of sp³-hybridized carbons (Fsp3) is 0.500. The fourth-order valence-corrected chi connectivity index (χ4v) is 4.42. The Hall–Kier alpha value is -0.930. The molecule has 24 heavy (non-hydrogen) atoms. The first kappa shape index (κ1) is 21.1. The van der Waals surface area contributed by atoms with E-state index in [-0.39, 0.29) is 35.7 Å². The van der Waals surface area contributed by atoms with Crippen molar-refractivity contribution in [2.24, 2.45) is 0 Å². The van der Waals surface area contributed by atoms with E-state index in [1.807, 2.05) is 0 Å². The van der Waals surface area contributed by atoms with Gasteiger partial charge in [0.15, 0.2) is 0 Å². The van der Waals surface area contributed by atoms with Crippen molar-refractivity contribution in [1.82, 2.24) is 9.62 Å². The topological polar surface area (TPSA) is 78.5 Å². The smallest absolute Gasteiger partial charge is 0.246 e. The predicted molar refractivity (Wildman–Crippen MR) is 93.8 cm³/mol. The van der Waals surface area contributed by atoms with Crippen LogP contribution in [-0.2, 0) is 14.8 Å². The summed E-state index contributed by atoms with van der Waals surface area (Å²) in [7, 11) is -2.22. The minimum absolute atomic E-state index is 0. The van der Waals surface area contributed by atoms with Gasteiger partial charge in [-0.2, -0.15) is 4.31 Å². The number of rotatable bonds is 4. The number of nitrogens with one attached hydrogen (secondary N) is 2. The van der Waals surface area contributed by atoms with Crippen molar-refractivity contribution in [3.8, 4) is 0 Å². The number of benzene rings is 1. The minimum Gasteiger partial charge on any atom is -0.325 e. The zero-order chi connectivity index (χ0) is 17.2. The SMILES string of the molecule is CNC1CCCN(S(=O)(=O)c2cc(Cl)c(NC(C)=O)cc2F)C1.Cl. The molecule has 0 radical (unpaired) electrons. The first-order valence-electron chi connectivity index (χ1n) is 7.19. The van der Waals surface area contributed by atoms with Crippen molar-refractivity contribution < 1.29 is 17.6 Å². The first-order chi connectivity index (χ1) is 10.8. The number of carbonyl (C=O) groups excluding carboxylic acids is 1. The number of amides is 1. The maximum Gasteiger partial charge on any atom is 0.246 e. The molecule has 0 aliphatic carbocycles. The van der Waals surface area contributed by atoms with E-state index in [9.17, 15) is 17.6 Å². The number of anilines is 1. The van der Waals surface area contributed by atoms with Crippen LogP contribution in [0, 0.1) is 5.82 Å². The van der Waals surface area contributed by atoms with Crippen LogP contribution >= 0.6 is 24.0 Å². The highest BCUT2D eigenvalue weighted by molar-refractivity contribution is 7.89. The lowest BCUT2D eigenvalue weighted by atomic mass is 10.1. The molecule has 1 atom stereocenters. The normalized spacial score (nSPS) is 18.8. The lowest BCUT2D eigenvalue weighted by Gasteiger charge is -2.31. The van der Waals surface area contributed by atoms with Gasteiger partial charge in [-0.05, 0) is 26.0 Å². The number of hydrogen-bond acceptors (Lipinski definition) is 4. The van der Waals surface area contributed by atoms with Gasteiger partial charge in [-0.15, -0.1) is 12.4 Å². The quantitative estimate of drug-likeness (QED) is 0.813. The van der Waals surface area contributed by atoms with E-state index in [0.717, 1.165) is 18.6 Å². The molecule has 1 aliphatic heterocycles. The van der Waals surface area contributed by atoms with Gasteiger partial charge in [0.2, 0.25) is 15.9 Å². The summed E-state index contributed by atoms with van der Waals surface area (Å²) in [5.74, 6) is -1.36. The molecule has 1 heterocycles. The molecule has 0 aromatic heterocycles. The summed E-state index contributed by atoms with van der Waals surface area (Å²) >= 11 is 5.97. The maximum atomic E-state index is 14.3. The molecule has 1 aromatic rings. The van der Waals surface area contributed by atoms with E-state index in [2.05, 4.69) is 10.6 Å². The van der Waals surface area contributed by atoms with Gasteiger partial charge in [-0.1, -0.05) is 11.6 Å². The number of hydrogen-bond donors (Lipinski definition) is 2. The second-order valence-corrected chi connectivity index (χ2v) is 7.75. The summed E-state index contributed by atoms with van der Waals surface area (Å²) in [5.41, 5.74) is 0.0439. The second-order valence-electron chi connectivity index (χ2n) is 5.43. The van der Waals surface area contributed by atoms with Crippen LogP contribution in [-0.4, -0.2) is 44.8 Å². The lowest BCUT2D eigenvalue weighted by molar-refractivity contribution is -0.114. The molecule has 1 aromatic carbocycles. The Morgan fingerprint density at radius 2 is 2.08 bits per heavy atom. The third-order valence-corrected chi connectivity index (χ3v) is 5.94. The Kier molecular flexibility index (Phi) is 7.43. The van der Waals surface area contributed by atoms with E-state index in [0.29, 0.717) is 13.0 Å². The van der Waals surface area contributed by atoms with E-state index in [1.54, 1.807) is 7.05 Å². The molecule has 2 N–H and O–H groups in total. The largest absolute Gasteiger partial charge is 0.325 e. The number of nitrogens with zero attached hydrogens (tertiary/aromatic N) is 1. The Morgan fingerprint density at radius 1 is 1.42 bits per heavy atom. The highest BCUT2D eigenvalue weighted by atomic mass is 35.5. The van der Waals surface area contributed by atoms with Crippen LogP contribution in [0.2, 0.25) is 5.02 Å². The Morgan fingerprint density at radius 3 is 2.67 bits per heavy atom.